The highest BCUT2D eigenvalue weighted by Crippen LogP contribution is 2.26. The molecule has 0 unspecified atom stereocenters. The van der Waals surface area contributed by atoms with E-state index in [4.69, 9.17) is 0 Å². The summed E-state index contributed by atoms with van der Waals surface area (Å²) in [6.45, 7) is 16.0. The lowest BCUT2D eigenvalue weighted by Gasteiger charge is -2.21. The molecule has 0 atom stereocenters. The Labute approximate surface area is 101 Å². The number of allylic oxidation sites excluding steroid dienone is 2. The van der Waals surface area contributed by atoms with Gasteiger partial charge in [0.1, 0.15) is 5.78 Å². The molecule has 0 N–H and O–H groups in total. The predicted molar refractivity (Wildman–Crippen MR) is 71.4 cm³/mol. The molecule has 0 fully saturated rings. The lowest BCUT2D eigenvalue weighted by Crippen LogP contribution is -2.13. The van der Waals surface area contributed by atoms with Gasteiger partial charge in [0.2, 0.25) is 0 Å². The number of hydrogen-bond acceptors (Lipinski definition) is 1. The third-order valence-corrected chi connectivity index (χ3v) is 3.20. The Kier molecular flexibility index (Phi) is 5.71. The molecule has 92 valence electrons. The Morgan fingerprint density at radius 3 is 1.50 bits per heavy atom. The fourth-order valence-electron chi connectivity index (χ4n) is 1.25. The van der Waals surface area contributed by atoms with Crippen molar-refractivity contribution in [3.63, 3.8) is 0 Å². The number of carbonyl (C=O) groups is 1. The smallest absolute Gasteiger partial charge is 0.132 e. The summed E-state index contributed by atoms with van der Waals surface area (Å²) in [6.07, 6.45) is 6.95. The first-order valence-corrected chi connectivity index (χ1v) is 6.01. The number of ketones is 1. The Morgan fingerprint density at radius 2 is 1.25 bits per heavy atom. The normalized spacial score (nSPS) is 12.2. The molecule has 0 aromatic heterocycles. The number of Topliss-reactive ketones (excluding diaryl/α,β-unsaturated/α-hetero) is 1. The first kappa shape index (κ1) is 15.2. The molecule has 0 heterocycles. The molecule has 0 aliphatic heterocycles. The summed E-state index contributed by atoms with van der Waals surface area (Å²) in [6, 6.07) is 0. The van der Waals surface area contributed by atoms with E-state index in [-0.39, 0.29) is 10.8 Å². The minimum Gasteiger partial charge on any atom is -0.300 e. The summed E-state index contributed by atoms with van der Waals surface area (Å²) < 4.78 is 0. The van der Waals surface area contributed by atoms with E-state index >= 15 is 0 Å². The van der Waals surface area contributed by atoms with Crippen molar-refractivity contribution in [1.82, 2.24) is 0 Å². The van der Waals surface area contributed by atoms with E-state index in [1.54, 1.807) is 0 Å². The van der Waals surface area contributed by atoms with Crippen molar-refractivity contribution >= 4 is 5.78 Å². The minimum atomic E-state index is 0.0730. The summed E-state index contributed by atoms with van der Waals surface area (Å²) in [5.41, 5.74) is 0.146. The molecule has 16 heavy (non-hydrogen) atoms. The van der Waals surface area contributed by atoms with E-state index < -0.39 is 0 Å². The van der Waals surface area contributed by atoms with Crippen LogP contribution in [-0.4, -0.2) is 5.78 Å². The van der Waals surface area contributed by atoms with Crippen LogP contribution in [0.5, 0.6) is 0 Å². The third-order valence-electron chi connectivity index (χ3n) is 3.20. The second-order valence-electron chi connectivity index (χ2n) is 5.92. The van der Waals surface area contributed by atoms with Gasteiger partial charge in [-0.25, -0.2) is 0 Å². The van der Waals surface area contributed by atoms with Crippen LogP contribution >= 0.6 is 0 Å². The summed E-state index contributed by atoms with van der Waals surface area (Å²) >= 11 is 0. The SMILES string of the molecule is C=CC(C)(C)CCC(=O)CCC(C)(C)C=C. The zero-order valence-electron chi connectivity index (χ0n) is 11.3. The van der Waals surface area contributed by atoms with Crippen LogP contribution < -0.4 is 0 Å². The molecule has 0 amide bonds. The lowest BCUT2D eigenvalue weighted by atomic mass is 9.84. The van der Waals surface area contributed by atoms with Crippen LogP contribution in [0.4, 0.5) is 0 Å². The first-order valence-electron chi connectivity index (χ1n) is 6.01. The fraction of sp³-hybridized carbons (Fsp3) is 0.667. The van der Waals surface area contributed by atoms with Crippen molar-refractivity contribution in [2.24, 2.45) is 10.8 Å². The van der Waals surface area contributed by atoms with Crippen molar-refractivity contribution < 1.29 is 4.79 Å². The van der Waals surface area contributed by atoms with Gasteiger partial charge in [-0.2, -0.15) is 0 Å². The highest BCUT2D eigenvalue weighted by Gasteiger charge is 2.18. The second-order valence-corrected chi connectivity index (χ2v) is 5.92. The molecule has 0 aliphatic carbocycles. The van der Waals surface area contributed by atoms with Crippen molar-refractivity contribution in [3.05, 3.63) is 25.3 Å². The lowest BCUT2D eigenvalue weighted by molar-refractivity contribution is -0.119. The van der Waals surface area contributed by atoms with Gasteiger partial charge in [-0.05, 0) is 23.7 Å². The summed E-state index contributed by atoms with van der Waals surface area (Å²) in [5, 5.41) is 0. The fourth-order valence-corrected chi connectivity index (χ4v) is 1.25. The largest absolute Gasteiger partial charge is 0.300 e. The van der Waals surface area contributed by atoms with E-state index in [0.29, 0.717) is 18.6 Å². The predicted octanol–water partition coefficient (Wildman–Crippen LogP) is 4.54. The van der Waals surface area contributed by atoms with E-state index in [9.17, 15) is 4.79 Å². The average molecular weight is 222 g/mol. The molecule has 0 aromatic carbocycles. The quantitative estimate of drug-likeness (QED) is 0.551. The van der Waals surface area contributed by atoms with Gasteiger partial charge in [-0.15, -0.1) is 13.2 Å². The van der Waals surface area contributed by atoms with Crippen LogP contribution in [0, 0.1) is 10.8 Å². The first-order chi connectivity index (χ1) is 7.22. The van der Waals surface area contributed by atoms with Gasteiger partial charge in [0.15, 0.2) is 0 Å². The molecular formula is C15H26O. The van der Waals surface area contributed by atoms with Crippen LogP contribution in [0.15, 0.2) is 25.3 Å². The number of carbonyl (C=O) groups excluding carboxylic acids is 1. The number of hydrogen-bond donors (Lipinski definition) is 0. The monoisotopic (exact) mass is 222 g/mol. The molecule has 0 aromatic rings. The third kappa shape index (κ3) is 6.60. The van der Waals surface area contributed by atoms with E-state index in [1.807, 2.05) is 12.2 Å². The summed E-state index contributed by atoms with van der Waals surface area (Å²) in [7, 11) is 0. The van der Waals surface area contributed by atoms with E-state index in [2.05, 4.69) is 40.9 Å². The van der Waals surface area contributed by atoms with Crippen molar-refractivity contribution in [1.29, 1.82) is 0 Å². The molecule has 0 saturated heterocycles. The van der Waals surface area contributed by atoms with Crippen LogP contribution in [0.2, 0.25) is 0 Å². The second kappa shape index (κ2) is 6.03. The van der Waals surface area contributed by atoms with Crippen molar-refractivity contribution in [3.8, 4) is 0 Å². The van der Waals surface area contributed by atoms with Gasteiger partial charge in [-0.1, -0.05) is 39.8 Å². The average Bonchev–Trinajstić information content (AvgIpc) is 2.24. The topological polar surface area (TPSA) is 17.1 Å². The van der Waals surface area contributed by atoms with Gasteiger partial charge in [0, 0.05) is 12.8 Å². The summed E-state index contributed by atoms with van der Waals surface area (Å²) in [5.74, 6) is 0.352. The minimum absolute atomic E-state index is 0.0730. The Morgan fingerprint density at radius 1 is 0.938 bits per heavy atom. The maximum absolute atomic E-state index is 11.7. The molecule has 0 spiro atoms. The highest BCUT2D eigenvalue weighted by molar-refractivity contribution is 5.78. The molecule has 0 saturated carbocycles. The van der Waals surface area contributed by atoms with Crippen molar-refractivity contribution in [2.75, 3.05) is 0 Å². The molecule has 0 bridgehead atoms. The molecule has 0 rings (SSSR count). The summed E-state index contributed by atoms with van der Waals surface area (Å²) in [4.78, 5) is 11.7. The van der Waals surface area contributed by atoms with Gasteiger partial charge in [-0.3, -0.25) is 4.79 Å². The van der Waals surface area contributed by atoms with Crippen molar-refractivity contribution in [2.45, 2.75) is 53.4 Å². The van der Waals surface area contributed by atoms with Gasteiger partial charge in [0.25, 0.3) is 0 Å². The van der Waals surface area contributed by atoms with Crippen LogP contribution in [0.25, 0.3) is 0 Å². The molecular weight excluding hydrogens is 196 g/mol. The number of rotatable bonds is 8. The van der Waals surface area contributed by atoms with Crippen LogP contribution in [-0.2, 0) is 4.79 Å². The molecule has 0 radical (unpaired) electrons. The Bertz CT molecular complexity index is 233. The Hall–Kier alpha value is -0.850. The molecule has 0 aliphatic rings. The molecule has 1 heteroatoms. The van der Waals surface area contributed by atoms with Gasteiger partial charge < -0.3 is 0 Å². The van der Waals surface area contributed by atoms with E-state index in [1.165, 1.54) is 0 Å². The molecule has 1 nitrogen and oxygen atoms in total. The zero-order chi connectivity index (χ0) is 12.8. The van der Waals surface area contributed by atoms with E-state index in [0.717, 1.165) is 12.8 Å². The van der Waals surface area contributed by atoms with Crippen LogP contribution in [0.3, 0.4) is 0 Å². The Balaban J connectivity index is 3.93. The maximum Gasteiger partial charge on any atom is 0.132 e. The van der Waals surface area contributed by atoms with Gasteiger partial charge in [0.05, 0.1) is 0 Å². The van der Waals surface area contributed by atoms with Gasteiger partial charge >= 0.3 is 0 Å². The highest BCUT2D eigenvalue weighted by atomic mass is 16.1. The zero-order valence-corrected chi connectivity index (χ0v) is 11.3. The van der Waals surface area contributed by atoms with Crippen LogP contribution in [0.1, 0.15) is 53.4 Å². The standard InChI is InChI=1S/C15H26O/c1-7-14(3,4)11-9-13(16)10-12-15(5,6)8-2/h7-8H,1-2,9-12H2,3-6H3. The maximum atomic E-state index is 11.7.